The third-order valence-electron chi connectivity index (χ3n) is 2.91. The van der Waals surface area contributed by atoms with Gasteiger partial charge in [0.1, 0.15) is 12.4 Å². The van der Waals surface area contributed by atoms with E-state index in [4.69, 9.17) is 9.47 Å². The van der Waals surface area contributed by atoms with Crippen molar-refractivity contribution in [2.45, 2.75) is 20.1 Å². The molecule has 0 spiro atoms. The smallest absolute Gasteiger partial charge is 0.167 e. The van der Waals surface area contributed by atoms with Crippen molar-refractivity contribution >= 4 is 15.9 Å². The largest absolute Gasteiger partial charge is 0.490 e. The first-order valence-electron chi connectivity index (χ1n) is 6.58. The predicted octanol–water partition coefficient (Wildman–Crippen LogP) is 4.06. The first kappa shape index (κ1) is 15.8. The van der Waals surface area contributed by atoms with Crippen LogP contribution in [0.1, 0.15) is 18.1 Å². The lowest BCUT2D eigenvalue weighted by Gasteiger charge is -2.15. The number of hydrogen-bond acceptors (Lipinski definition) is 3. The minimum Gasteiger partial charge on any atom is -0.490 e. The van der Waals surface area contributed by atoms with Gasteiger partial charge in [0.15, 0.2) is 11.5 Å². The Hall–Kier alpha value is -1.59. The molecule has 0 amide bonds. The lowest BCUT2D eigenvalue weighted by molar-refractivity contribution is 0.241. The summed E-state index contributed by atoms with van der Waals surface area (Å²) in [6, 6.07) is 9.96. The van der Waals surface area contributed by atoms with Crippen LogP contribution in [0.5, 0.6) is 11.5 Å². The fraction of sp³-hybridized carbons (Fsp3) is 0.250. The summed E-state index contributed by atoms with van der Waals surface area (Å²) in [5, 5.41) is 9.39. The van der Waals surface area contributed by atoms with Crippen molar-refractivity contribution in [2.24, 2.45) is 0 Å². The second-order valence-electron chi connectivity index (χ2n) is 4.36. The van der Waals surface area contributed by atoms with E-state index >= 15 is 0 Å². The standard InChI is InChI=1S/C16H16BrFO3/c1-2-20-15-5-3-4-11(9-19)16(15)21-10-12-8-13(17)6-7-14(12)18/h3-8,19H,2,9-10H2,1H3. The molecule has 21 heavy (non-hydrogen) atoms. The zero-order valence-electron chi connectivity index (χ0n) is 11.6. The van der Waals surface area contributed by atoms with Crippen LogP contribution < -0.4 is 9.47 Å². The van der Waals surface area contributed by atoms with Crippen LogP contribution in [0.3, 0.4) is 0 Å². The van der Waals surface area contributed by atoms with Gasteiger partial charge >= 0.3 is 0 Å². The van der Waals surface area contributed by atoms with Crippen molar-refractivity contribution in [3.05, 3.63) is 57.8 Å². The highest BCUT2D eigenvalue weighted by atomic mass is 79.9. The summed E-state index contributed by atoms with van der Waals surface area (Å²) in [6.45, 7) is 2.24. The molecule has 0 saturated carbocycles. The van der Waals surface area contributed by atoms with E-state index in [-0.39, 0.29) is 19.0 Å². The Morgan fingerprint density at radius 2 is 1.95 bits per heavy atom. The molecule has 0 radical (unpaired) electrons. The van der Waals surface area contributed by atoms with Gasteiger partial charge in [-0.3, -0.25) is 0 Å². The molecule has 0 fully saturated rings. The van der Waals surface area contributed by atoms with Crippen LogP contribution in [0.4, 0.5) is 4.39 Å². The molecule has 112 valence electrons. The SMILES string of the molecule is CCOc1cccc(CO)c1OCc1cc(Br)ccc1F. The van der Waals surface area contributed by atoms with Crippen LogP contribution in [-0.4, -0.2) is 11.7 Å². The lowest BCUT2D eigenvalue weighted by atomic mass is 10.2. The van der Waals surface area contributed by atoms with Crippen LogP contribution in [0.15, 0.2) is 40.9 Å². The Balaban J connectivity index is 2.24. The summed E-state index contributed by atoms with van der Waals surface area (Å²) in [7, 11) is 0. The molecule has 2 aromatic rings. The average Bonchev–Trinajstić information content (AvgIpc) is 2.49. The molecule has 5 heteroatoms. The zero-order chi connectivity index (χ0) is 15.2. The Morgan fingerprint density at radius 1 is 1.14 bits per heavy atom. The third kappa shape index (κ3) is 3.95. The average molecular weight is 355 g/mol. The van der Waals surface area contributed by atoms with Gasteiger partial charge in [-0.25, -0.2) is 4.39 Å². The van der Waals surface area contributed by atoms with Crippen LogP contribution in [0, 0.1) is 5.82 Å². The van der Waals surface area contributed by atoms with Crippen molar-refractivity contribution in [1.29, 1.82) is 0 Å². The molecule has 0 saturated heterocycles. The summed E-state index contributed by atoms with van der Waals surface area (Å²) in [4.78, 5) is 0. The van der Waals surface area contributed by atoms with Gasteiger partial charge in [0.05, 0.1) is 13.2 Å². The molecule has 0 atom stereocenters. The molecule has 2 rings (SSSR count). The lowest BCUT2D eigenvalue weighted by Crippen LogP contribution is -2.04. The second-order valence-corrected chi connectivity index (χ2v) is 5.28. The van der Waals surface area contributed by atoms with Crippen molar-refractivity contribution in [2.75, 3.05) is 6.61 Å². The molecule has 0 heterocycles. The second kappa shape index (κ2) is 7.43. The predicted molar refractivity (Wildman–Crippen MR) is 82.0 cm³/mol. The Bertz CT molecular complexity index is 616. The fourth-order valence-corrected chi connectivity index (χ4v) is 2.33. The zero-order valence-corrected chi connectivity index (χ0v) is 13.2. The van der Waals surface area contributed by atoms with E-state index in [1.165, 1.54) is 6.07 Å². The van der Waals surface area contributed by atoms with E-state index in [0.717, 1.165) is 4.47 Å². The number of hydrogen-bond donors (Lipinski definition) is 1. The van der Waals surface area contributed by atoms with Crippen LogP contribution in [0.25, 0.3) is 0 Å². The van der Waals surface area contributed by atoms with Gasteiger partial charge in [0.25, 0.3) is 0 Å². The quantitative estimate of drug-likeness (QED) is 0.850. The molecular weight excluding hydrogens is 339 g/mol. The number of rotatable bonds is 6. The van der Waals surface area contributed by atoms with E-state index in [9.17, 15) is 9.50 Å². The van der Waals surface area contributed by atoms with Crippen molar-refractivity contribution in [3.63, 3.8) is 0 Å². The van der Waals surface area contributed by atoms with Gasteiger partial charge in [-0.2, -0.15) is 0 Å². The Kier molecular flexibility index (Phi) is 5.59. The fourth-order valence-electron chi connectivity index (χ4n) is 1.92. The molecular formula is C16H16BrFO3. The summed E-state index contributed by atoms with van der Waals surface area (Å²) < 4.78 is 25.7. The Morgan fingerprint density at radius 3 is 2.67 bits per heavy atom. The van der Waals surface area contributed by atoms with Crippen LogP contribution in [-0.2, 0) is 13.2 Å². The van der Waals surface area contributed by atoms with E-state index in [1.807, 2.05) is 6.92 Å². The van der Waals surface area contributed by atoms with Gasteiger partial charge in [-0.05, 0) is 31.2 Å². The Labute approximate surface area is 131 Å². The van der Waals surface area contributed by atoms with Gasteiger partial charge < -0.3 is 14.6 Å². The first-order chi connectivity index (χ1) is 10.2. The number of aliphatic hydroxyl groups excluding tert-OH is 1. The monoisotopic (exact) mass is 354 g/mol. The maximum absolute atomic E-state index is 13.7. The van der Waals surface area contributed by atoms with Crippen LogP contribution in [0.2, 0.25) is 0 Å². The molecule has 3 nitrogen and oxygen atoms in total. The van der Waals surface area contributed by atoms with Gasteiger partial charge in [-0.1, -0.05) is 28.1 Å². The maximum Gasteiger partial charge on any atom is 0.167 e. The molecule has 0 aliphatic carbocycles. The molecule has 0 bridgehead atoms. The van der Waals surface area contributed by atoms with E-state index in [2.05, 4.69) is 15.9 Å². The third-order valence-corrected chi connectivity index (χ3v) is 3.40. The van der Waals surface area contributed by atoms with E-state index in [0.29, 0.717) is 29.2 Å². The van der Waals surface area contributed by atoms with E-state index in [1.54, 1.807) is 30.3 Å². The minimum absolute atomic E-state index is 0.0579. The highest BCUT2D eigenvalue weighted by Gasteiger charge is 2.12. The summed E-state index contributed by atoms with van der Waals surface area (Å²) >= 11 is 3.30. The van der Waals surface area contributed by atoms with Gasteiger partial charge in [0, 0.05) is 15.6 Å². The first-order valence-corrected chi connectivity index (χ1v) is 7.37. The van der Waals surface area contributed by atoms with Crippen molar-refractivity contribution < 1.29 is 19.0 Å². The summed E-state index contributed by atoms with van der Waals surface area (Å²) in [5.41, 5.74) is 1.04. The van der Waals surface area contributed by atoms with Crippen molar-refractivity contribution in [1.82, 2.24) is 0 Å². The molecule has 0 aliphatic heterocycles. The molecule has 1 N–H and O–H groups in total. The van der Waals surface area contributed by atoms with Crippen molar-refractivity contribution in [3.8, 4) is 11.5 Å². The molecule has 0 aromatic heterocycles. The number of halogens is 2. The molecule has 2 aromatic carbocycles. The molecule has 0 unspecified atom stereocenters. The summed E-state index contributed by atoms with van der Waals surface area (Å²) in [5.74, 6) is 0.651. The maximum atomic E-state index is 13.7. The summed E-state index contributed by atoms with van der Waals surface area (Å²) in [6.07, 6.45) is 0. The highest BCUT2D eigenvalue weighted by molar-refractivity contribution is 9.10. The minimum atomic E-state index is -0.336. The number of benzene rings is 2. The normalized spacial score (nSPS) is 10.5. The van der Waals surface area contributed by atoms with E-state index < -0.39 is 0 Å². The number of ether oxygens (including phenoxy) is 2. The highest BCUT2D eigenvalue weighted by Crippen LogP contribution is 2.32. The van der Waals surface area contributed by atoms with Gasteiger partial charge in [0.2, 0.25) is 0 Å². The number of aliphatic hydroxyl groups is 1. The molecule has 0 aliphatic rings. The van der Waals surface area contributed by atoms with Gasteiger partial charge in [-0.15, -0.1) is 0 Å². The topological polar surface area (TPSA) is 38.7 Å². The number of para-hydroxylation sites is 1. The van der Waals surface area contributed by atoms with Crippen LogP contribution >= 0.6 is 15.9 Å².